The maximum Gasteiger partial charge on any atom is 0.125 e. The lowest BCUT2D eigenvalue weighted by Crippen LogP contribution is -1.94. The second-order valence-corrected chi connectivity index (χ2v) is 5.49. The maximum absolute atomic E-state index is 5.97. The molecule has 0 aliphatic carbocycles. The molecule has 0 atom stereocenters. The lowest BCUT2D eigenvalue weighted by atomic mass is 10.4. The molecule has 2 nitrogen and oxygen atoms in total. The van der Waals surface area contributed by atoms with E-state index in [1.807, 2.05) is 43.4 Å². The van der Waals surface area contributed by atoms with Gasteiger partial charge < -0.3 is 5.32 Å². The molecule has 1 N–H and O–H groups in total. The summed E-state index contributed by atoms with van der Waals surface area (Å²) in [6.07, 6.45) is 0. The van der Waals surface area contributed by atoms with Gasteiger partial charge in [-0.1, -0.05) is 29.3 Å². The standard InChI is InChI=1S/C13H12Cl2N2S/c1-16-13-4-2-3-9(17-13)8-18-10-5-6-11(14)12(15)7-10/h2-7H,8H2,1H3,(H,16,17). The molecule has 0 bridgehead atoms. The number of pyridine rings is 1. The summed E-state index contributed by atoms with van der Waals surface area (Å²) in [4.78, 5) is 5.54. The molecule has 1 aromatic carbocycles. The van der Waals surface area contributed by atoms with Gasteiger partial charge in [-0.3, -0.25) is 0 Å². The fourth-order valence-corrected chi connectivity index (χ4v) is 2.63. The minimum absolute atomic E-state index is 0.580. The quantitative estimate of drug-likeness (QED) is 0.827. The first-order valence-corrected chi connectivity index (χ1v) is 7.15. The van der Waals surface area contributed by atoms with Gasteiger partial charge >= 0.3 is 0 Å². The first-order valence-electron chi connectivity index (χ1n) is 5.40. The molecule has 0 saturated carbocycles. The number of nitrogens with one attached hydrogen (secondary N) is 1. The maximum atomic E-state index is 5.97. The summed E-state index contributed by atoms with van der Waals surface area (Å²) in [5.74, 6) is 1.68. The summed E-state index contributed by atoms with van der Waals surface area (Å²) in [6.45, 7) is 0. The molecule has 0 spiro atoms. The molecule has 18 heavy (non-hydrogen) atoms. The van der Waals surface area contributed by atoms with Crippen molar-refractivity contribution in [3.8, 4) is 0 Å². The number of benzene rings is 1. The van der Waals surface area contributed by atoms with Crippen LogP contribution in [-0.4, -0.2) is 12.0 Å². The van der Waals surface area contributed by atoms with Crippen molar-refractivity contribution in [2.45, 2.75) is 10.6 Å². The van der Waals surface area contributed by atoms with Crippen LogP contribution >= 0.6 is 35.0 Å². The monoisotopic (exact) mass is 298 g/mol. The van der Waals surface area contributed by atoms with Crippen molar-refractivity contribution in [1.29, 1.82) is 0 Å². The molecule has 94 valence electrons. The highest BCUT2D eigenvalue weighted by molar-refractivity contribution is 7.98. The zero-order valence-electron chi connectivity index (χ0n) is 9.78. The van der Waals surface area contributed by atoms with E-state index in [9.17, 15) is 0 Å². The summed E-state index contributed by atoms with van der Waals surface area (Å²) in [7, 11) is 1.86. The molecular weight excluding hydrogens is 287 g/mol. The van der Waals surface area contributed by atoms with E-state index in [-0.39, 0.29) is 0 Å². The van der Waals surface area contributed by atoms with Crippen molar-refractivity contribution in [2.75, 3.05) is 12.4 Å². The molecule has 2 rings (SSSR count). The van der Waals surface area contributed by atoms with Crippen molar-refractivity contribution in [1.82, 2.24) is 4.98 Å². The fraction of sp³-hybridized carbons (Fsp3) is 0.154. The number of halogens is 2. The molecule has 0 aliphatic rings. The van der Waals surface area contributed by atoms with E-state index < -0.39 is 0 Å². The molecule has 0 unspecified atom stereocenters. The summed E-state index contributed by atoms with van der Waals surface area (Å²) >= 11 is 13.5. The van der Waals surface area contributed by atoms with Gasteiger partial charge in [-0.2, -0.15) is 0 Å². The number of thioether (sulfide) groups is 1. The molecule has 2 aromatic rings. The van der Waals surface area contributed by atoms with E-state index in [1.54, 1.807) is 11.8 Å². The van der Waals surface area contributed by atoms with Crippen LogP contribution in [0.5, 0.6) is 0 Å². The van der Waals surface area contributed by atoms with E-state index in [4.69, 9.17) is 23.2 Å². The Morgan fingerprint density at radius 2 is 2.00 bits per heavy atom. The lowest BCUT2D eigenvalue weighted by molar-refractivity contribution is 1.16. The van der Waals surface area contributed by atoms with Gasteiger partial charge in [-0.05, 0) is 30.3 Å². The van der Waals surface area contributed by atoms with Gasteiger partial charge in [0.1, 0.15) is 5.82 Å². The zero-order valence-corrected chi connectivity index (χ0v) is 12.1. The zero-order chi connectivity index (χ0) is 13.0. The largest absolute Gasteiger partial charge is 0.373 e. The van der Waals surface area contributed by atoms with E-state index in [0.717, 1.165) is 22.2 Å². The lowest BCUT2D eigenvalue weighted by Gasteiger charge is -2.05. The Morgan fingerprint density at radius 1 is 1.17 bits per heavy atom. The molecule has 0 amide bonds. The number of aromatic nitrogens is 1. The Hall–Kier alpha value is -0.900. The van der Waals surface area contributed by atoms with Gasteiger partial charge in [0.25, 0.3) is 0 Å². The fourth-order valence-electron chi connectivity index (χ4n) is 1.42. The first-order chi connectivity index (χ1) is 8.69. The Labute approximate surface area is 121 Å². The molecule has 1 heterocycles. The van der Waals surface area contributed by atoms with Crippen molar-refractivity contribution < 1.29 is 0 Å². The number of nitrogens with zero attached hydrogens (tertiary/aromatic N) is 1. The van der Waals surface area contributed by atoms with Crippen LogP contribution in [0.4, 0.5) is 5.82 Å². The average Bonchev–Trinajstić information content (AvgIpc) is 2.40. The van der Waals surface area contributed by atoms with Crippen LogP contribution in [0.25, 0.3) is 0 Å². The summed E-state index contributed by atoms with van der Waals surface area (Å²) in [5, 5.41) is 4.19. The third-order valence-electron chi connectivity index (χ3n) is 2.34. The van der Waals surface area contributed by atoms with Gasteiger partial charge in [0, 0.05) is 17.7 Å². The molecule has 0 aliphatic heterocycles. The minimum Gasteiger partial charge on any atom is -0.373 e. The molecule has 0 radical (unpaired) electrons. The van der Waals surface area contributed by atoms with Crippen LogP contribution in [0.3, 0.4) is 0 Å². The van der Waals surface area contributed by atoms with Crippen molar-refractivity contribution in [2.24, 2.45) is 0 Å². The van der Waals surface area contributed by atoms with Crippen LogP contribution in [0.15, 0.2) is 41.3 Å². The van der Waals surface area contributed by atoms with Crippen LogP contribution in [0.1, 0.15) is 5.69 Å². The average molecular weight is 299 g/mol. The number of hydrogen-bond acceptors (Lipinski definition) is 3. The normalized spacial score (nSPS) is 10.4. The van der Waals surface area contributed by atoms with Gasteiger partial charge in [0.15, 0.2) is 0 Å². The molecule has 0 fully saturated rings. The Kier molecular flexibility index (Phi) is 4.75. The highest BCUT2D eigenvalue weighted by atomic mass is 35.5. The molecule has 1 aromatic heterocycles. The molecular formula is C13H12Cl2N2S. The first kappa shape index (κ1) is 13.5. The van der Waals surface area contributed by atoms with Gasteiger partial charge in [-0.25, -0.2) is 4.98 Å². The highest BCUT2D eigenvalue weighted by Crippen LogP contribution is 2.29. The van der Waals surface area contributed by atoms with Crippen molar-refractivity contribution >= 4 is 40.8 Å². The SMILES string of the molecule is CNc1cccc(CSc2ccc(Cl)c(Cl)c2)n1. The Bertz CT molecular complexity index is 546. The van der Waals surface area contributed by atoms with Crippen LogP contribution in [-0.2, 0) is 5.75 Å². The van der Waals surface area contributed by atoms with Crippen molar-refractivity contribution in [3.05, 3.63) is 52.1 Å². The van der Waals surface area contributed by atoms with Crippen molar-refractivity contribution in [3.63, 3.8) is 0 Å². The number of anilines is 1. The van der Waals surface area contributed by atoms with Gasteiger partial charge in [-0.15, -0.1) is 11.8 Å². The van der Waals surface area contributed by atoms with E-state index in [2.05, 4.69) is 10.3 Å². The Balaban J connectivity index is 2.04. The Morgan fingerprint density at radius 3 is 2.72 bits per heavy atom. The second-order valence-electron chi connectivity index (χ2n) is 3.63. The predicted molar refractivity (Wildman–Crippen MR) is 79.8 cm³/mol. The summed E-state index contributed by atoms with van der Waals surface area (Å²) < 4.78 is 0. The van der Waals surface area contributed by atoms with E-state index >= 15 is 0 Å². The summed E-state index contributed by atoms with van der Waals surface area (Å²) in [6, 6.07) is 11.6. The number of rotatable bonds is 4. The van der Waals surface area contributed by atoms with Crippen LogP contribution in [0.2, 0.25) is 10.0 Å². The smallest absolute Gasteiger partial charge is 0.125 e. The van der Waals surface area contributed by atoms with Gasteiger partial charge in [0.05, 0.1) is 15.7 Å². The van der Waals surface area contributed by atoms with Gasteiger partial charge in [0.2, 0.25) is 0 Å². The van der Waals surface area contributed by atoms with E-state index in [1.165, 1.54) is 0 Å². The third kappa shape index (κ3) is 3.55. The third-order valence-corrected chi connectivity index (χ3v) is 4.11. The number of hydrogen-bond donors (Lipinski definition) is 1. The molecule has 0 saturated heterocycles. The topological polar surface area (TPSA) is 24.9 Å². The summed E-state index contributed by atoms with van der Waals surface area (Å²) in [5.41, 5.74) is 1.03. The molecule has 5 heteroatoms. The second kappa shape index (κ2) is 6.32. The van der Waals surface area contributed by atoms with Crippen LogP contribution < -0.4 is 5.32 Å². The van der Waals surface area contributed by atoms with E-state index in [0.29, 0.717) is 10.0 Å². The minimum atomic E-state index is 0.580. The predicted octanol–water partition coefficient (Wildman–Crippen LogP) is 4.72. The highest BCUT2D eigenvalue weighted by Gasteiger charge is 2.02. The van der Waals surface area contributed by atoms with Crippen LogP contribution in [0, 0.1) is 0 Å².